The molecule has 0 radical (unpaired) electrons. The van der Waals surface area contributed by atoms with E-state index in [1.807, 2.05) is 12.2 Å². The highest BCUT2D eigenvalue weighted by molar-refractivity contribution is 7.47. The van der Waals surface area contributed by atoms with Gasteiger partial charge in [-0.2, -0.15) is 0 Å². The lowest BCUT2D eigenvalue weighted by Crippen LogP contribution is -2.29. The van der Waals surface area contributed by atoms with Gasteiger partial charge in [0.2, 0.25) is 0 Å². The molecule has 0 saturated carbocycles. The summed E-state index contributed by atoms with van der Waals surface area (Å²) in [5.74, 6) is -0.804. The minimum absolute atomic E-state index is 0.0338. The molecule has 0 aromatic rings. The Hall–Kier alpha value is -2.36. The van der Waals surface area contributed by atoms with E-state index in [9.17, 15) is 23.8 Å². The SMILES string of the molecule is CCCCC/C=C\C=C\C(=O)CCCCCCCC(=O)OC[C@H](COP(=O)(O)OCCN)OC(=O)CCCCCCCCCCC/C=C\C/C=C\CCCCC. The van der Waals surface area contributed by atoms with E-state index < -0.39 is 32.5 Å². The van der Waals surface area contributed by atoms with Gasteiger partial charge in [0.1, 0.15) is 6.61 Å². The molecule has 11 heteroatoms. The van der Waals surface area contributed by atoms with Crippen LogP contribution in [0.2, 0.25) is 0 Å². The normalized spacial score (nSPS) is 13.6. The molecule has 0 heterocycles. The molecule has 324 valence electrons. The quantitative estimate of drug-likeness (QED) is 0.0152. The van der Waals surface area contributed by atoms with Crippen LogP contribution in [-0.4, -0.2) is 55.1 Å². The molecular formula is C45H80NO9P. The minimum atomic E-state index is -4.41. The maximum Gasteiger partial charge on any atom is 0.472 e. The molecule has 0 bridgehead atoms. The van der Waals surface area contributed by atoms with E-state index in [2.05, 4.69) is 44.2 Å². The maximum absolute atomic E-state index is 12.6. The van der Waals surface area contributed by atoms with Gasteiger partial charge in [0.15, 0.2) is 11.9 Å². The van der Waals surface area contributed by atoms with Crippen molar-refractivity contribution in [1.82, 2.24) is 0 Å². The van der Waals surface area contributed by atoms with Gasteiger partial charge in [-0.1, -0.05) is 146 Å². The molecule has 0 aliphatic carbocycles. The number of esters is 2. The number of carbonyl (C=O) groups is 3. The van der Waals surface area contributed by atoms with Crippen LogP contribution in [-0.2, 0) is 37.5 Å². The third-order valence-electron chi connectivity index (χ3n) is 9.16. The molecule has 0 rings (SSSR count). The van der Waals surface area contributed by atoms with Crippen LogP contribution < -0.4 is 5.73 Å². The number of rotatable bonds is 41. The monoisotopic (exact) mass is 810 g/mol. The van der Waals surface area contributed by atoms with Crippen LogP contribution in [0, 0.1) is 0 Å². The number of unbranched alkanes of at least 4 members (excludes halogenated alkanes) is 19. The number of nitrogens with two attached hydrogens (primary N) is 1. The second-order valence-electron chi connectivity index (χ2n) is 14.6. The first-order chi connectivity index (χ1) is 27.2. The number of hydrogen-bond acceptors (Lipinski definition) is 9. The number of phosphoric ester groups is 1. The first-order valence-electron chi connectivity index (χ1n) is 22.1. The summed E-state index contributed by atoms with van der Waals surface area (Å²) in [5.41, 5.74) is 5.34. The highest BCUT2D eigenvalue weighted by atomic mass is 31.2. The van der Waals surface area contributed by atoms with Crippen LogP contribution in [0.1, 0.15) is 187 Å². The second kappa shape index (κ2) is 40.8. The van der Waals surface area contributed by atoms with Gasteiger partial charge in [-0.15, -0.1) is 0 Å². The van der Waals surface area contributed by atoms with Crippen molar-refractivity contribution < 1.29 is 42.4 Å². The molecule has 0 aromatic heterocycles. The number of ketones is 1. The molecule has 0 spiro atoms. The standard InChI is InChI=1S/C45H80NO9P/c1-3-5-7-9-11-12-13-14-15-16-17-18-19-20-21-22-24-28-33-37-45(49)55-43(41-54-56(50,51)53-39-38-46)40-52-44(48)36-32-29-25-27-31-35-42(47)34-30-26-23-10-8-6-4-2/h11-12,14-15,23,26,30,34,43H,3-10,13,16-22,24-25,27-29,31-33,35-41,46H2,1-2H3,(H,50,51)/b12-11-,15-14-,26-23-,34-30+/t43-/m1/s1. The van der Waals surface area contributed by atoms with E-state index in [0.29, 0.717) is 19.3 Å². The van der Waals surface area contributed by atoms with Crippen LogP contribution >= 0.6 is 7.82 Å². The molecule has 10 nitrogen and oxygen atoms in total. The van der Waals surface area contributed by atoms with Crippen molar-refractivity contribution in [2.75, 3.05) is 26.4 Å². The molecule has 56 heavy (non-hydrogen) atoms. The van der Waals surface area contributed by atoms with Gasteiger partial charge >= 0.3 is 19.8 Å². The van der Waals surface area contributed by atoms with Crippen molar-refractivity contribution in [3.63, 3.8) is 0 Å². The van der Waals surface area contributed by atoms with Gasteiger partial charge in [-0.3, -0.25) is 23.4 Å². The number of hydrogen-bond donors (Lipinski definition) is 2. The van der Waals surface area contributed by atoms with Crippen molar-refractivity contribution in [2.45, 2.75) is 193 Å². The lowest BCUT2D eigenvalue weighted by molar-refractivity contribution is -0.161. The smallest absolute Gasteiger partial charge is 0.462 e. The fourth-order valence-corrected chi connectivity index (χ4v) is 6.59. The molecule has 0 aliphatic heterocycles. The summed E-state index contributed by atoms with van der Waals surface area (Å²) in [5, 5.41) is 0. The third kappa shape index (κ3) is 39.9. The topological polar surface area (TPSA) is 151 Å². The van der Waals surface area contributed by atoms with Gasteiger partial charge < -0.3 is 20.1 Å². The Kier molecular flexibility index (Phi) is 39.1. The Morgan fingerprint density at radius 3 is 1.66 bits per heavy atom. The number of ether oxygens (including phenoxy) is 2. The number of carbonyl (C=O) groups excluding carboxylic acids is 3. The molecule has 0 saturated heterocycles. The van der Waals surface area contributed by atoms with Gasteiger partial charge in [-0.05, 0) is 70.3 Å². The van der Waals surface area contributed by atoms with E-state index in [4.69, 9.17) is 24.3 Å². The van der Waals surface area contributed by atoms with Crippen molar-refractivity contribution in [3.8, 4) is 0 Å². The van der Waals surface area contributed by atoms with Crippen molar-refractivity contribution in [2.24, 2.45) is 5.73 Å². The Labute approximate surface area is 341 Å². The fourth-order valence-electron chi connectivity index (χ4n) is 5.82. The van der Waals surface area contributed by atoms with E-state index in [1.165, 1.54) is 77.0 Å². The minimum Gasteiger partial charge on any atom is -0.462 e. The number of phosphoric acid groups is 1. The average molecular weight is 810 g/mol. The maximum atomic E-state index is 12.6. The van der Waals surface area contributed by atoms with Crippen LogP contribution in [0.5, 0.6) is 0 Å². The van der Waals surface area contributed by atoms with E-state index in [1.54, 1.807) is 6.08 Å². The summed E-state index contributed by atoms with van der Waals surface area (Å²) in [6, 6.07) is 0. The second-order valence-corrected chi connectivity index (χ2v) is 16.0. The van der Waals surface area contributed by atoms with Crippen LogP contribution in [0.15, 0.2) is 48.6 Å². The van der Waals surface area contributed by atoms with Gasteiger partial charge in [0, 0.05) is 25.8 Å². The molecular weight excluding hydrogens is 729 g/mol. The van der Waals surface area contributed by atoms with E-state index in [0.717, 1.165) is 64.2 Å². The van der Waals surface area contributed by atoms with Gasteiger partial charge in [0.25, 0.3) is 0 Å². The first kappa shape index (κ1) is 53.6. The molecule has 3 N–H and O–H groups in total. The molecule has 1 unspecified atom stereocenters. The Morgan fingerprint density at radius 2 is 1.09 bits per heavy atom. The predicted octanol–water partition coefficient (Wildman–Crippen LogP) is 11.9. The lowest BCUT2D eigenvalue weighted by Gasteiger charge is -2.19. The highest BCUT2D eigenvalue weighted by Crippen LogP contribution is 2.43. The van der Waals surface area contributed by atoms with Crippen LogP contribution in [0.25, 0.3) is 0 Å². The summed E-state index contributed by atoms with van der Waals surface area (Å²) in [6.07, 6.45) is 42.4. The number of allylic oxidation sites excluding steroid dienone is 8. The Bertz CT molecular complexity index is 1120. The van der Waals surface area contributed by atoms with Gasteiger partial charge in [0.05, 0.1) is 13.2 Å². The lowest BCUT2D eigenvalue weighted by atomic mass is 10.1. The molecule has 0 fully saturated rings. The highest BCUT2D eigenvalue weighted by Gasteiger charge is 2.26. The Morgan fingerprint density at radius 1 is 0.589 bits per heavy atom. The zero-order valence-electron chi connectivity index (χ0n) is 35.4. The van der Waals surface area contributed by atoms with Gasteiger partial charge in [-0.25, -0.2) is 4.57 Å². The molecule has 2 atom stereocenters. The third-order valence-corrected chi connectivity index (χ3v) is 10.1. The predicted molar refractivity (Wildman–Crippen MR) is 229 cm³/mol. The summed E-state index contributed by atoms with van der Waals surface area (Å²) in [4.78, 5) is 46.9. The summed E-state index contributed by atoms with van der Waals surface area (Å²) >= 11 is 0. The zero-order valence-corrected chi connectivity index (χ0v) is 36.2. The average Bonchev–Trinajstić information content (AvgIpc) is 3.18. The Balaban J connectivity index is 4.22. The summed E-state index contributed by atoms with van der Waals surface area (Å²) in [7, 11) is -4.41. The van der Waals surface area contributed by atoms with Crippen molar-refractivity contribution in [3.05, 3.63) is 48.6 Å². The fraction of sp³-hybridized carbons (Fsp3) is 0.756. The van der Waals surface area contributed by atoms with Crippen LogP contribution in [0.3, 0.4) is 0 Å². The van der Waals surface area contributed by atoms with E-state index in [-0.39, 0.29) is 38.4 Å². The first-order valence-corrected chi connectivity index (χ1v) is 23.6. The summed E-state index contributed by atoms with van der Waals surface area (Å²) in [6.45, 7) is 3.51. The van der Waals surface area contributed by atoms with Crippen LogP contribution in [0.4, 0.5) is 0 Å². The zero-order chi connectivity index (χ0) is 41.2. The molecule has 0 aromatic carbocycles. The summed E-state index contributed by atoms with van der Waals surface area (Å²) < 4.78 is 32.7. The largest absolute Gasteiger partial charge is 0.472 e. The molecule has 0 aliphatic rings. The van der Waals surface area contributed by atoms with Crippen molar-refractivity contribution in [1.29, 1.82) is 0 Å². The molecule has 0 amide bonds. The van der Waals surface area contributed by atoms with Crippen molar-refractivity contribution >= 4 is 25.5 Å². The van der Waals surface area contributed by atoms with E-state index >= 15 is 0 Å².